The lowest BCUT2D eigenvalue weighted by Crippen LogP contribution is -2.30. The predicted molar refractivity (Wildman–Crippen MR) is 61.0 cm³/mol. The molecule has 0 spiro atoms. The molecule has 1 aromatic rings. The summed E-state index contributed by atoms with van der Waals surface area (Å²) < 4.78 is 0. The highest BCUT2D eigenvalue weighted by molar-refractivity contribution is 5.75. The second-order valence-corrected chi connectivity index (χ2v) is 4.97. The Hall–Kier alpha value is -1.38. The fourth-order valence-corrected chi connectivity index (χ4v) is 2.72. The molecule has 1 aromatic heterocycles. The molecule has 1 aliphatic rings. The van der Waals surface area contributed by atoms with E-state index in [4.69, 9.17) is 0 Å². The summed E-state index contributed by atoms with van der Waals surface area (Å²) in [5, 5.41) is 9.43. The van der Waals surface area contributed by atoms with Crippen LogP contribution in [0.3, 0.4) is 0 Å². The Labute approximate surface area is 95.5 Å². The summed E-state index contributed by atoms with van der Waals surface area (Å²) in [6.45, 7) is 2.14. The summed E-state index contributed by atoms with van der Waals surface area (Å²) in [5.74, 6) is -0.119. The molecule has 0 aliphatic heterocycles. The molecule has 3 heteroatoms. The molecule has 1 saturated carbocycles. The molecule has 0 bridgehead atoms. The third-order valence-corrected chi connectivity index (χ3v) is 3.60. The number of aromatic nitrogens is 1. The molecule has 86 valence electrons. The van der Waals surface area contributed by atoms with Crippen LogP contribution in [0.25, 0.3) is 0 Å². The fraction of sp³-hybridized carbons (Fsp3) is 0.538. The quantitative estimate of drug-likeness (QED) is 0.849. The standard InChI is InChI=1S/C13H17NO2/c1-10-2-5-13(8-10,12(15)16)9-11-3-6-14-7-4-11/h3-4,6-7,10H,2,5,8-9H2,1H3,(H,15,16). The molecule has 0 saturated heterocycles. The Morgan fingerprint density at radius 2 is 2.25 bits per heavy atom. The Morgan fingerprint density at radius 3 is 2.75 bits per heavy atom. The van der Waals surface area contributed by atoms with E-state index in [2.05, 4.69) is 11.9 Å². The number of nitrogens with zero attached hydrogens (tertiary/aromatic N) is 1. The number of carboxylic acids is 1. The molecule has 0 aromatic carbocycles. The molecular formula is C13H17NO2. The first-order valence-electron chi connectivity index (χ1n) is 5.75. The smallest absolute Gasteiger partial charge is 0.309 e. The molecule has 3 nitrogen and oxygen atoms in total. The first kappa shape index (κ1) is 11.1. The molecule has 16 heavy (non-hydrogen) atoms. The number of carbonyl (C=O) groups is 1. The first-order chi connectivity index (χ1) is 7.62. The van der Waals surface area contributed by atoms with E-state index in [0.717, 1.165) is 24.8 Å². The van der Waals surface area contributed by atoms with E-state index >= 15 is 0 Å². The van der Waals surface area contributed by atoms with E-state index in [1.165, 1.54) is 0 Å². The van der Waals surface area contributed by atoms with Crippen LogP contribution in [0, 0.1) is 11.3 Å². The Bertz CT molecular complexity index is 377. The van der Waals surface area contributed by atoms with Crippen molar-refractivity contribution in [1.29, 1.82) is 0 Å². The highest BCUT2D eigenvalue weighted by Gasteiger charge is 2.43. The topological polar surface area (TPSA) is 50.2 Å². The van der Waals surface area contributed by atoms with E-state index < -0.39 is 11.4 Å². The van der Waals surface area contributed by atoms with Gasteiger partial charge in [-0.25, -0.2) is 0 Å². The SMILES string of the molecule is CC1CCC(Cc2ccncc2)(C(=O)O)C1. The average molecular weight is 219 g/mol. The predicted octanol–water partition coefficient (Wildman–Crippen LogP) is 2.52. The Balaban J connectivity index is 2.19. The van der Waals surface area contributed by atoms with Gasteiger partial charge in [0, 0.05) is 12.4 Å². The Morgan fingerprint density at radius 1 is 1.56 bits per heavy atom. The molecular weight excluding hydrogens is 202 g/mol. The monoisotopic (exact) mass is 219 g/mol. The van der Waals surface area contributed by atoms with Crippen molar-refractivity contribution in [2.75, 3.05) is 0 Å². The first-order valence-corrected chi connectivity index (χ1v) is 5.75. The van der Waals surface area contributed by atoms with Gasteiger partial charge >= 0.3 is 5.97 Å². The summed E-state index contributed by atoms with van der Waals surface area (Å²) in [7, 11) is 0. The van der Waals surface area contributed by atoms with Crippen molar-refractivity contribution in [2.24, 2.45) is 11.3 Å². The van der Waals surface area contributed by atoms with Crippen molar-refractivity contribution in [2.45, 2.75) is 32.6 Å². The molecule has 1 heterocycles. The molecule has 2 unspecified atom stereocenters. The van der Waals surface area contributed by atoms with Gasteiger partial charge in [0.1, 0.15) is 0 Å². The number of aliphatic carboxylic acids is 1. The van der Waals surface area contributed by atoms with Crippen LogP contribution in [0.1, 0.15) is 31.7 Å². The van der Waals surface area contributed by atoms with Gasteiger partial charge < -0.3 is 5.11 Å². The normalized spacial score (nSPS) is 29.2. The number of hydrogen-bond acceptors (Lipinski definition) is 2. The minimum atomic E-state index is -0.645. The second-order valence-electron chi connectivity index (χ2n) is 4.97. The summed E-state index contributed by atoms with van der Waals surface area (Å²) in [4.78, 5) is 15.4. The van der Waals surface area contributed by atoms with Gasteiger partial charge in [0.2, 0.25) is 0 Å². The maximum Gasteiger partial charge on any atom is 0.309 e. The second kappa shape index (κ2) is 4.24. The average Bonchev–Trinajstić information content (AvgIpc) is 2.63. The molecule has 2 atom stereocenters. The van der Waals surface area contributed by atoms with Crippen LogP contribution in [0.2, 0.25) is 0 Å². The molecule has 0 amide bonds. The van der Waals surface area contributed by atoms with Crippen molar-refractivity contribution in [3.63, 3.8) is 0 Å². The number of pyridine rings is 1. The van der Waals surface area contributed by atoms with E-state index in [0.29, 0.717) is 12.3 Å². The van der Waals surface area contributed by atoms with Crippen LogP contribution in [-0.4, -0.2) is 16.1 Å². The zero-order chi connectivity index (χ0) is 11.6. The van der Waals surface area contributed by atoms with Crippen LogP contribution in [0.4, 0.5) is 0 Å². The van der Waals surface area contributed by atoms with Crippen LogP contribution in [0.15, 0.2) is 24.5 Å². The number of carboxylic acid groups (broad SMARTS) is 1. The van der Waals surface area contributed by atoms with Crippen molar-refractivity contribution >= 4 is 5.97 Å². The van der Waals surface area contributed by atoms with Gasteiger partial charge in [-0.2, -0.15) is 0 Å². The van der Waals surface area contributed by atoms with Crippen LogP contribution in [0.5, 0.6) is 0 Å². The van der Waals surface area contributed by atoms with Gasteiger partial charge in [0.25, 0.3) is 0 Å². The van der Waals surface area contributed by atoms with Crippen LogP contribution < -0.4 is 0 Å². The summed E-state index contributed by atoms with van der Waals surface area (Å²) in [6.07, 6.45) is 6.70. The van der Waals surface area contributed by atoms with Gasteiger partial charge in [-0.15, -0.1) is 0 Å². The third-order valence-electron chi connectivity index (χ3n) is 3.60. The zero-order valence-electron chi connectivity index (χ0n) is 9.52. The van der Waals surface area contributed by atoms with Gasteiger partial charge in [-0.3, -0.25) is 9.78 Å². The maximum absolute atomic E-state index is 11.5. The minimum Gasteiger partial charge on any atom is -0.481 e. The lowest BCUT2D eigenvalue weighted by Gasteiger charge is -2.24. The maximum atomic E-state index is 11.5. The molecule has 1 N–H and O–H groups in total. The lowest BCUT2D eigenvalue weighted by atomic mass is 9.79. The van der Waals surface area contributed by atoms with Crippen molar-refractivity contribution < 1.29 is 9.90 Å². The number of rotatable bonds is 3. The molecule has 0 radical (unpaired) electrons. The zero-order valence-corrected chi connectivity index (χ0v) is 9.52. The van der Waals surface area contributed by atoms with Crippen molar-refractivity contribution in [1.82, 2.24) is 4.98 Å². The minimum absolute atomic E-state index is 0.526. The molecule has 1 aliphatic carbocycles. The Kier molecular flexibility index (Phi) is 2.95. The highest BCUT2D eigenvalue weighted by atomic mass is 16.4. The molecule has 1 fully saturated rings. The van der Waals surface area contributed by atoms with Gasteiger partial charge in [0.15, 0.2) is 0 Å². The van der Waals surface area contributed by atoms with E-state index in [1.54, 1.807) is 12.4 Å². The largest absolute Gasteiger partial charge is 0.481 e. The van der Waals surface area contributed by atoms with Crippen LogP contribution in [-0.2, 0) is 11.2 Å². The van der Waals surface area contributed by atoms with Crippen molar-refractivity contribution in [3.8, 4) is 0 Å². The summed E-state index contributed by atoms with van der Waals surface area (Å²) >= 11 is 0. The summed E-state index contributed by atoms with van der Waals surface area (Å²) in [6, 6.07) is 3.82. The number of hydrogen-bond donors (Lipinski definition) is 1. The van der Waals surface area contributed by atoms with E-state index in [-0.39, 0.29) is 0 Å². The lowest BCUT2D eigenvalue weighted by molar-refractivity contribution is -0.148. The molecule has 2 rings (SSSR count). The fourth-order valence-electron chi connectivity index (χ4n) is 2.72. The van der Waals surface area contributed by atoms with Crippen molar-refractivity contribution in [3.05, 3.63) is 30.1 Å². The van der Waals surface area contributed by atoms with E-state index in [9.17, 15) is 9.90 Å². The summed E-state index contributed by atoms with van der Waals surface area (Å²) in [5.41, 5.74) is 0.535. The third kappa shape index (κ3) is 2.08. The van der Waals surface area contributed by atoms with Gasteiger partial charge in [-0.1, -0.05) is 6.92 Å². The van der Waals surface area contributed by atoms with Gasteiger partial charge in [-0.05, 0) is 49.3 Å². The highest BCUT2D eigenvalue weighted by Crippen LogP contribution is 2.44. The van der Waals surface area contributed by atoms with E-state index in [1.807, 2.05) is 12.1 Å². The van der Waals surface area contributed by atoms with Crippen LogP contribution >= 0.6 is 0 Å². The van der Waals surface area contributed by atoms with Gasteiger partial charge in [0.05, 0.1) is 5.41 Å².